The van der Waals surface area contributed by atoms with Gasteiger partial charge in [-0.3, -0.25) is 4.79 Å². The summed E-state index contributed by atoms with van der Waals surface area (Å²) in [6.45, 7) is 6.78. The summed E-state index contributed by atoms with van der Waals surface area (Å²) in [5.74, 6) is 2.45. The second kappa shape index (κ2) is 5.13. The summed E-state index contributed by atoms with van der Waals surface area (Å²) in [4.78, 5) is 11.2. The number of aldehydes is 1. The zero-order valence-electron chi connectivity index (χ0n) is 11.7. The number of fused-ring (bicyclic) bond motifs is 1. The molecule has 0 fully saturated rings. The van der Waals surface area contributed by atoms with Gasteiger partial charge in [0.15, 0.2) is 6.29 Å². The van der Waals surface area contributed by atoms with Crippen molar-refractivity contribution in [3.8, 4) is 5.75 Å². The van der Waals surface area contributed by atoms with Crippen molar-refractivity contribution in [1.82, 2.24) is 0 Å². The molecule has 2 rings (SSSR count). The van der Waals surface area contributed by atoms with E-state index in [-0.39, 0.29) is 0 Å². The first-order valence-corrected chi connectivity index (χ1v) is 6.75. The predicted octanol–water partition coefficient (Wildman–Crippen LogP) is 4.14. The molecule has 0 heterocycles. The van der Waals surface area contributed by atoms with Gasteiger partial charge in [-0.2, -0.15) is 0 Å². The van der Waals surface area contributed by atoms with Gasteiger partial charge in [-0.25, -0.2) is 0 Å². The second-order valence-corrected chi connectivity index (χ2v) is 5.67. The van der Waals surface area contributed by atoms with Gasteiger partial charge in [0.25, 0.3) is 0 Å². The summed E-state index contributed by atoms with van der Waals surface area (Å²) in [6.07, 6.45) is 3.34. The highest BCUT2D eigenvalue weighted by molar-refractivity contribution is 5.80. The third-order valence-corrected chi connectivity index (χ3v) is 4.21. The fourth-order valence-electron chi connectivity index (χ4n) is 3.08. The van der Waals surface area contributed by atoms with Crippen LogP contribution >= 0.6 is 0 Å². The van der Waals surface area contributed by atoms with Gasteiger partial charge in [0.1, 0.15) is 5.75 Å². The molecule has 0 unspecified atom stereocenters. The first kappa shape index (κ1) is 13.1. The fourth-order valence-corrected chi connectivity index (χ4v) is 3.08. The van der Waals surface area contributed by atoms with Crippen molar-refractivity contribution in [3.05, 3.63) is 28.8 Å². The Labute approximate surface area is 109 Å². The molecule has 0 saturated carbocycles. The van der Waals surface area contributed by atoms with E-state index in [0.717, 1.165) is 6.29 Å². The van der Waals surface area contributed by atoms with Crippen LogP contribution in [0.4, 0.5) is 0 Å². The molecule has 0 radical (unpaired) electrons. The van der Waals surface area contributed by atoms with Crippen molar-refractivity contribution < 1.29 is 9.53 Å². The summed E-state index contributed by atoms with van der Waals surface area (Å²) < 4.78 is 5.32. The van der Waals surface area contributed by atoms with E-state index in [2.05, 4.69) is 26.8 Å². The van der Waals surface area contributed by atoms with Crippen LogP contribution in [0.3, 0.4) is 0 Å². The van der Waals surface area contributed by atoms with Crippen LogP contribution in [0.5, 0.6) is 5.75 Å². The van der Waals surface area contributed by atoms with Gasteiger partial charge >= 0.3 is 0 Å². The molecule has 1 aromatic carbocycles. The molecule has 1 aliphatic rings. The number of benzene rings is 1. The smallest absolute Gasteiger partial charge is 0.153 e. The average molecular weight is 246 g/mol. The van der Waals surface area contributed by atoms with E-state index >= 15 is 0 Å². The molecule has 2 nitrogen and oxygen atoms in total. The average Bonchev–Trinajstić information content (AvgIpc) is 2.37. The highest BCUT2D eigenvalue weighted by Crippen LogP contribution is 2.44. The normalized spacial score (nSPS) is 22.7. The fraction of sp³-hybridized carbons (Fsp3) is 0.562. The predicted molar refractivity (Wildman–Crippen MR) is 73.6 cm³/mol. The monoisotopic (exact) mass is 246 g/mol. The molecule has 1 aliphatic carbocycles. The number of methoxy groups -OCH3 is 1. The standard InChI is InChI=1S/C16H22O2/c1-10(2)13-6-5-11(3)14-8-16(18-4)12(9-17)7-15(13)14/h7-11,13H,5-6H2,1-4H3/t11-,13-/m0/s1. The zero-order valence-corrected chi connectivity index (χ0v) is 11.7. The zero-order chi connectivity index (χ0) is 13.3. The van der Waals surface area contributed by atoms with Crippen LogP contribution < -0.4 is 4.74 Å². The van der Waals surface area contributed by atoms with E-state index in [9.17, 15) is 4.79 Å². The summed E-state index contributed by atoms with van der Waals surface area (Å²) >= 11 is 0. The van der Waals surface area contributed by atoms with Crippen molar-refractivity contribution in [2.24, 2.45) is 5.92 Å². The highest BCUT2D eigenvalue weighted by Gasteiger charge is 2.28. The van der Waals surface area contributed by atoms with Crippen LogP contribution in [0.15, 0.2) is 12.1 Å². The molecule has 0 spiro atoms. The van der Waals surface area contributed by atoms with E-state index in [4.69, 9.17) is 4.74 Å². The first-order chi connectivity index (χ1) is 8.58. The Balaban J connectivity index is 2.57. The molecule has 0 aromatic heterocycles. The topological polar surface area (TPSA) is 26.3 Å². The molecular formula is C16H22O2. The van der Waals surface area contributed by atoms with Crippen molar-refractivity contribution in [3.63, 3.8) is 0 Å². The number of rotatable bonds is 3. The minimum absolute atomic E-state index is 0.560. The first-order valence-electron chi connectivity index (χ1n) is 6.75. The molecule has 0 saturated heterocycles. The highest BCUT2D eigenvalue weighted by atomic mass is 16.5. The lowest BCUT2D eigenvalue weighted by Crippen LogP contribution is -2.17. The molecule has 18 heavy (non-hydrogen) atoms. The summed E-state index contributed by atoms with van der Waals surface area (Å²) in [5, 5.41) is 0. The molecule has 98 valence electrons. The van der Waals surface area contributed by atoms with Crippen molar-refractivity contribution in [1.29, 1.82) is 0 Å². The van der Waals surface area contributed by atoms with Crippen LogP contribution in [0, 0.1) is 5.92 Å². The third kappa shape index (κ3) is 2.16. The van der Waals surface area contributed by atoms with E-state index in [1.165, 1.54) is 24.0 Å². The third-order valence-electron chi connectivity index (χ3n) is 4.21. The van der Waals surface area contributed by atoms with Gasteiger partial charge in [-0.1, -0.05) is 20.8 Å². The van der Waals surface area contributed by atoms with Gasteiger partial charge in [-0.15, -0.1) is 0 Å². The maximum absolute atomic E-state index is 11.2. The Morgan fingerprint density at radius 3 is 2.56 bits per heavy atom. The second-order valence-electron chi connectivity index (χ2n) is 5.67. The number of hydrogen-bond acceptors (Lipinski definition) is 2. The number of carbonyl (C=O) groups excluding carboxylic acids is 1. The van der Waals surface area contributed by atoms with Gasteiger partial charge in [0.2, 0.25) is 0 Å². The van der Waals surface area contributed by atoms with Crippen molar-refractivity contribution in [2.75, 3.05) is 7.11 Å². The summed E-state index contributed by atoms with van der Waals surface area (Å²) in [6, 6.07) is 4.11. The van der Waals surface area contributed by atoms with Crippen molar-refractivity contribution in [2.45, 2.75) is 45.4 Å². The van der Waals surface area contributed by atoms with Crippen LogP contribution in [-0.2, 0) is 0 Å². The maximum Gasteiger partial charge on any atom is 0.153 e. The Bertz CT molecular complexity index is 449. The van der Waals surface area contributed by atoms with Crippen LogP contribution in [0.1, 0.15) is 66.9 Å². The van der Waals surface area contributed by atoms with E-state index in [1.54, 1.807) is 7.11 Å². The van der Waals surface area contributed by atoms with Crippen LogP contribution in [0.2, 0.25) is 0 Å². The molecule has 0 amide bonds. The van der Waals surface area contributed by atoms with E-state index in [1.807, 2.05) is 6.07 Å². The summed E-state index contributed by atoms with van der Waals surface area (Å²) in [5.41, 5.74) is 3.39. The van der Waals surface area contributed by atoms with Gasteiger partial charge in [-0.05, 0) is 53.9 Å². The molecular weight excluding hydrogens is 224 g/mol. The molecule has 0 bridgehead atoms. The number of hydrogen-bond donors (Lipinski definition) is 0. The van der Waals surface area contributed by atoms with Crippen LogP contribution in [0.25, 0.3) is 0 Å². The van der Waals surface area contributed by atoms with Crippen molar-refractivity contribution >= 4 is 6.29 Å². The molecule has 0 N–H and O–H groups in total. The lowest BCUT2D eigenvalue weighted by atomic mass is 9.72. The Morgan fingerprint density at radius 1 is 1.28 bits per heavy atom. The lowest BCUT2D eigenvalue weighted by molar-refractivity contribution is 0.112. The Morgan fingerprint density at radius 2 is 2.00 bits per heavy atom. The minimum Gasteiger partial charge on any atom is -0.496 e. The van der Waals surface area contributed by atoms with Gasteiger partial charge < -0.3 is 4.74 Å². The van der Waals surface area contributed by atoms with Gasteiger partial charge in [0, 0.05) is 0 Å². The molecule has 2 atom stereocenters. The maximum atomic E-state index is 11.2. The van der Waals surface area contributed by atoms with E-state index in [0.29, 0.717) is 29.1 Å². The quantitative estimate of drug-likeness (QED) is 0.749. The van der Waals surface area contributed by atoms with Gasteiger partial charge in [0.05, 0.1) is 12.7 Å². The van der Waals surface area contributed by atoms with Crippen LogP contribution in [-0.4, -0.2) is 13.4 Å². The molecule has 1 aromatic rings. The SMILES string of the molecule is COc1cc2c(cc1C=O)[C@H](C(C)C)CC[C@@H]2C. The Hall–Kier alpha value is -1.31. The van der Waals surface area contributed by atoms with E-state index < -0.39 is 0 Å². The molecule has 2 heteroatoms. The number of ether oxygens (including phenoxy) is 1. The minimum atomic E-state index is 0.560. The number of carbonyl (C=O) groups is 1. The largest absolute Gasteiger partial charge is 0.496 e. The lowest BCUT2D eigenvalue weighted by Gasteiger charge is -2.33. The Kier molecular flexibility index (Phi) is 3.74. The summed E-state index contributed by atoms with van der Waals surface area (Å²) in [7, 11) is 1.63. The molecule has 0 aliphatic heterocycles.